The normalized spacial score (nSPS) is 18.3. The van der Waals surface area contributed by atoms with Gasteiger partial charge in [-0.2, -0.15) is 0 Å². The predicted octanol–water partition coefficient (Wildman–Crippen LogP) is 2.77. The fourth-order valence-electron chi connectivity index (χ4n) is 3.97. The van der Waals surface area contributed by atoms with Crippen LogP contribution in [0.2, 0.25) is 0 Å². The van der Waals surface area contributed by atoms with Crippen molar-refractivity contribution in [3.05, 3.63) is 61.1 Å². The Morgan fingerprint density at radius 1 is 1.06 bits per heavy atom. The van der Waals surface area contributed by atoms with Gasteiger partial charge in [-0.25, -0.2) is 15.0 Å². The second kappa shape index (κ2) is 8.97. The molecule has 2 atom stereocenters. The molecule has 33 heavy (non-hydrogen) atoms. The number of aliphatic hydroxyl groups is 2. The third-order valence-corrected chi connectivity index (χ3v) is 5.68. The third-order valence-electron chi connectivity index (χ3n) is 5.68. The van der Waals surface area contributed by atoms with Crippen LogP contribution >= 0.6 is 0 Å². The molecule has 9 nitrogen and oxygen atoms in total. The summed E-state index contributed by atoms with van der Waals surface area (Å²) in [5.41, 5.74) is 2.34. The lowest BCUT2D eigenvalue weighted by Gasteiger charge is -2.35. The summed E-state index contributed by atoms with van der Waals surface area (Å²) >= 11 is 0. The van der Waals surface area contributed by atoms with Crippen molar-refractivity contribution in [1.82, 2.24) is 19.9 Å². The van der Waals surface area contributed by atoms with Gasteiger partial charge in [-0.1, -0.05) is 18.2 Å². The average molecular weight is 444 g/mol. The summed E-state index contributed by atoms with van der Waals surface area (Å²) in [6, 6.07) is 13.5. The van der Waals surface area contributed by atoms with Crippen LogP contribution in [0.3, 0.4) is 0 Å². The number of methoxy groups -OCH3 is 1. The lowest BCUT2D eigenvalue weighted by Crippen LogP contribution is -2.47. The van der Waals surface area contributed by atoms with Crippen LogP contribution in [0.15, 0.2) is 61.1 Å². The summed E-state index contributed by atoms with van der Waals surface area (Å²) in [6.45, 7) is 0.807. The number of hydrogen-bond acceptors (Lipinski definition) is 9. The lowest BCUT2D eigenvalue weighted by molar-refractivity contribution is 0.00792. The van der Waals surface area contributed by atoms with Gasteiger partial charge in [0.1, 0.15) is 17.4 Å². The predicted molar refractivity (Wildman–Crippen MR) is 126 cm³/mol. The number of rotatable bonds is 5. The van der Waals surface area contributed by atoms with E-state index in [4.69, 9.17) is 14.7 Å². The first-order valence-corrected chi connectivity index (χ1v) is 10.7. The molecule has 0 unspecified atom stereocenters. The molecule has 168 valence electrons. The van der Waals surface area contributed by atoms with Gasteiger partial charge in [0.15, 0.2) is 5.82 Å². The molecule has 1 aromatic carbocycles. The lowest BCUT2D eigenvalue weighted by atomic mass is 10.0. The summed E-state index contributed by atoms with van der Waals surface area (Å²) in [6.07, 6.45) is 3.84. The number of pyridine rings is 2. The van der Waals surface area contributed by atoms with Gasteiger partial charge in [0.25, 0.3) is 0 Å². The van der Waals surface area contributed by atoms with Crippen molar-refractivity contribution in [2.75, 3.05) is 30.4 Å². The molecule has 0 saturated carbocycles. The minimum Gasteiger partial charge on any atom is -0.494 e. The maximum Gasteiger partial charge on any atom is 0.162 e. The Labute approximate surface area is 190 Å². The number of benzene rings is 1. The number of nitrogens with zero attached hydrogens (tertiary/aromatic N) is 5. The minimum absolute atomic E-state index is 0.259. The van der Waals surface area contributed by atoms with E-state index in [2.05, 4.69) is 15.3 Å². The molecular formula is C24H24N6O3. The number of fused-ring (bicyclic) bond motifs is 1. The molecule has 3 N–H and O–H groups in total. The SMILES string of the molecule is COc1cncc2nc(-c3ccnc(Nc4ccccc4)c3)nc(N3CC[C@H](O)[C@@H](O)C3)c12. The second-order valence-corrected chi connectivity index (χ2v) is 7.90. The zero-order valence-corrected chi connectivity index (χ0v) is 18.1. The molecule has 5 rings (SSSR count). The standard InChI is InChI=1S/C24H24N6O3/c1-33-20-13-25-12-17-22(20)24(30-10-8-18(31)19(32)14-30)29-23(28-17)15-7-9-26-21(11-15)27-16-5-3-2-4-6-16/h2-7,9,11-13,18-19,31-32H,8,10,14H2,1H3,(H,26,27)/t18-,19-/m0/s1. The summed E-state index contributed by atoms with van der Waals surface area (Å²) in [4.78, 5) is 20.2. The smallest absolute Gasteiger partial charge is 0.162 e. The number of hydrogen-bond donors (Lipinski definition) is 3. The van der Waals surface area contributed by atoms with Gasteiger partial charge in [-0.3, -0.25) is 4.98 Å². The zero-order chi connectivity index (χ0) is 22.8. The molecule has 4 heterocycles. The van der Waals surface area contributed by atoms with Crippen molar-refractivity contribution >= 4 is 28.2 Å². The number of aliphatic hydroxyl groups excluding tert-OH is 2. The largest absolute Gasteiger partial charge is 0.494 e. The molecule has 1 aliphatic rings. The Kier molecular flexibility index (Phi) is 5.72. The van der Waals surface area contributed by atoms with Crippen molar-refractivity contribution in [3.8, 4) is 17.1 Å². The number of nitrogens with one attached hydrogen (secondary N) is 1. The first-order chi connectivity index (χ1) is 16.1. The number of ether oxygens (including phenoxy) is 1. The number of piperidine rings is 1. The van der Waals surface area contributed by atoms with Crippen molar-refractivity contribution in [2.24, 2.45) is 0 Å². The summed E-state index contributed by atoms with van der Waals surface area (Å²) in [5.74, 6) is 2.36. The molecule has 1 aliphatic heterocycles. The van der Waals surface area contributed by atoms with E-state index in [1.54, 1.807) is 25.7 Å². The van der Waals surface area contributed by atoms with E-state index in [1.165, 1.54) is 0 Å². The Hall–Kier alpha value is -3.82. The van der Waals surface area contributed by atoms with Crippen LogP contribution in [0.4, 0.5) is 17.3 Å². The Balaban J connectivity index is 1.59. The van der Waals surface area contributed by atoms with E-state index in [1.807, 2.05) is 47.4 Å². The van der Waals surface area contributed by atoms with Crippen LogP contribution in [0.1, 0.15) is 6.42 Å². The highest BCUT2D eigenvalue weighted by Crippen LogP contribution is 2.35. The van der Waals surface area contributed by atoms with E-state index in [0.717, 1.165) is 16.6 Å². The van der Waals surface area contributed by atoms with E-state index in [9.17, 15) is 10.2 Å². The van der Waals surface area contributed by atoms with Gasteiger partial charge in [0.05, 0.1) is 42.6 Å². The van der Waals surface area contributed by atoms with Crippen molar-refractivity contribution in [1.29, 1.82) is 0 Å². The first-order valence-electron chi connectivity index (χ1n) is 10.7. The molecule has 9 heteroatoms. The topological polar surface area (TPSA) is 117 Å². The monoisotopic (exact) mass is 444 g/mol. The Morgan fingerprint density at radius 2 is 1.91 bits per heavy atom. The van der Waals surface area contributed by atoms with Crippen LogP contribution in [-0.4, -0.2) is 62.6 Å². The molecule has 1 saturated heterocycles. The van der Waals surface area contributed by atoms with Gasteiger partial charge in [0, 0.05) is 30.5 Å². The van der Waals surface area contributed by atoms with Crippen LogP contribution < -0.4 is 15.0 Å². The third kappa shape index (κ3) is 4.28. The van der Waals surface area contributed by atoms with Gasteiger partial charge >= 0.3 is 0 Å². The number of para-hydroxylation sites is 1. The molecule has 0 spiro atoms. The number of aromatic nitrogens is 4. The molecule has 4 aromatic rings. The molecule has 0 radical (unpaired) electrons. The maximum atomic E-state index is 10.3. The van der Waals surface area contributed by atoms with Crippen LogP contribution in [0.5, 0.6) is 5.75 Å². The molecule has 1 fully saturated rings. The molecule has 0 bridgehead atoms. The summed E-state index contributed by atoms with van der Waals surface area (Å²) in [5, 5.41) is 24.3. The first kappa shape index (κ1) is 21.0. The van der Waals surface area contributed by atoms with Gasteiger partial charge in [-0.15, -0.1) is 0 Å². The Morgan fingerprint density at radius 3 is 2.70 bits per heavy atom. The highest BCUT2D eigenvalue weighted by molar-refractivity contribution is 5.95. The van der Waals surface area contributed by atoms with E-state index in [0.29, 0.717) is 41.7 Å². The van der Waals surface area contributed by atoms with Crippen LogP contribution in [-0.2, 0) is 0 Å². The highest BCUT2D eigenvalue weighted by atomic mass is 16.5. The number of anilines is 3. The zero-order valence-electron chi connectivity index (χ0n) is 18.1. The second-order valence-electron chi connectivity index (χ2n) is 7.90. The highest BCUT2D eigenvalue weighted by Gasteiger charge is 2.29. The molecular weight excluding hydrogens is 420 g/mol. The van der Waals surface area contributed by atoms with E-state index < -0.39 is 12.2 Å². The molecule has 0 aliphatic carbocycles. The average Bonchev–Trinajstić information content (AvgIpc) is 2.85. The number of β-amino-alcohol motifs (C(OH)–C–C–N with tert-alkyl or cyclic N) is 1. The van der Waals surface area contributed by atoms with E-state index >= 15 is 0 Å². The molecule has 3 aromatic heterocycles. The van der Waals surface area contributed by atoms with Crippen LogP contribution in [0, 0.1) is 0 Å². The Bertz CT molecular complexity index is 1270. The maximum absolute atomic E-state index is 10.3. The van der Waals surface area contributed by atoms with Crippen LogP contribution in [0.25, 0.3) is 22.3 Å². The van der Waals surface area contributed by atoms with Crippen molar-refractivity contribution < 1.29 is 14.9 Å². The minimum atomic E-state index is -0.859. The molecule has 0 amide bonds. The quantitative estimate of drug-likeness (QED) is 0.427. The van der Waals surface area contributed by atoms with Crippen molar-refractivity contribution in [3.63, 3.8) is 0 Å². The van der Waals surface area contributed by atoms with Gasteiger partial charge < -0.3 is 25.2 Å². The van der Waals surface area contributed by atoms with Gasteiger partial charge in [-0.05, 0) is 30.7 Å². The van der Waals surface area contributed by atoms with E-state index in [-0.39, 0.29) is 6.54 Å². The van der Waals surface area contributed by atoms with Gasteiger partial charge in [0.2, 0.25) is 0 Å². The summed E-state index contributed by atoms with van der Waals surface area (Å²) in [7, 11) is 1.58. The fraction of sp³-hybridized carbons (Fsp3) is 0.250. The fourth-order valence-corrected chi connectivity index (χ4v) is 3.97. The van der Waals surface area contributed by atoms with Crippen molar-refractivity contribution in [2.45, 2.75) is 18.6 Å². The summed E-state index contributed by atoms with van der Waals surface area (Å²) < 4.78 is 5.54.